The van der Waals surface area contributed by atoms with Crippen molar-refractivity contribution in [1.29, 1.82) is 0 Å². The molecule has 1 aliphatic rings. The van der Waals surface area contributed by atoms with Gasteiger partial charge in [0.25, 0.3) is 0 Å². The Morgan fingerprint density at radius 3 is 2.60 bits per heavy atom. The Morgan fingerprint density at radius 2 is 1.97 bits per heavy atom. The number of anilines is 1. The molecule has 1 aliphatic carbocycles. The summed E-state index contributed by atoms with van der Waals surface area (Å²) in [7, 11) is 0. The molecule has 30 heavy (non-hydrogen) atoms. The monoisotopic (exact) mass is 457 g/mol. The Labute approximate surface area is 182 Å². The fourth-order valence-electron chi connectivity index (χ4n) is 2.94. The van der Waals surface area contributed by atoms with Gasteiger partial charge in [-0.15, -0.1) is 0 Å². The number of carboxylic acids is 1. The minimum Gasteiger partial charge on any atom is -0.494 e. The van der Waals surface area contributed by atoms with Gasteiger partial charge in [0.15, 0.2) is 0 Å². The molecule has 0 heterocycles. The topological polar surface area (TPSA) is 58.6 Å². The van der Waals surface area contributed by atoms with E-state index >= 15 is 0 Å². The van der Waals surface area contributed by atoms with E-state index in [9.17, 15) is 18.0 Å². The second-order valence-electron chi connectivity index (χ2n) is 7.12. The summed E-state index contributed by atoms with van der Waals surface area (Å²) in [5.41, 5.74) is -0.459. The molecule has 0 saturated heterocycles. The molecule has 0 spiro atoms. The van der Waals surface area contributed by atoms with E-state index in [1.165, 1.54) is 30.3 Å². The van der Waals surface area contributed by atoms with Crippen molar-refractivity contribution in [2.24, 2.45) is 5.92 Å². The van der Waals surface area contributed by atoms with Gasteiger partial charge in [-0.05, 0) is 48.2 Å². The second-order valence-corrected chi connectivity index (χ2v) is 7.94. The van der Waals surface area contributed by atoms with Crippen LogP contribution in [-0.4, -0.2) is 22.7 Å². The molecule has 4 nitrogen and oxygen atoms in total. The zero-order valence-electron chi connectivity index (χ0n) is 15.8. The van der Waals surface area contributed by atoms with Gasteiger partial charge >= 0.3 is 12.1 Å². The standard InChI is InChI=1S/C21H19ClF3NO3S/c22-17-6-3-13(10-19(27)28)9-18(17)26-20(30)15-5-4-14(11-16(15)21(23,24)25)29-8-7-12-1-2-12/h3-6,9,11-12H,1-2,7-8,10H2,(H,26,30)(H,27,28). The van der Waals surface area contributed by atoms with E-state index in [2.05, 4.69) is 5.32 Å². The number of nitrogens with one attached hydrogen (secondary N) is 1. The molecule has 2 aromatic carbocycles. The van der Waals surface area contributed by atoms with Gasteiger partial charge in [0.1, 0.15) is 10.7 Å². The Hall–Kier alpha value is -2.32. The normalized spacial score (nSPS) is 13.7. The number of ether oxygens (including phenoxy) is 1. The summed E-state index contributed by atoms with van der Waals surface area (Å²) in [6.07, 6.45) is -1.77. The minimum atomic E-state index is -4.63. The summed E-state index contributed by atoms with van der Waals surface area (Å²) in [5, 5.41) is 11.8. The van der Waals surface area contributed by atoms with E-state index < -0.39 is 17.7 Å². The van der Waals surface area contributed by atoms with E-state index in [0.717, 1.165) is 25.3 Å². The molecule has 0 aliphatic heterocycles. The minimum absolute atomic E-state index is 0.135. The molecule has 160 valence electrons. The summed E-state index contributed by atoms with van der Waals surface area (Å²) in [5.74, 6) is -0.289. The van der Waals surface area contributed by atoms with Gasteiger partial charge in [0, 0.05) is 5.56 Å². The van der Waals surface area contributed by atoms with Crippen molar-refractivity contribution in [1.82, 2.24) is 0 Å². The number of carbonyl (C=O) groups is 1. The van der Waals surface area contributed by atoms with Crippen LogP contribution < -0.4 is 10.1 Å². The first-order chi connectivity index (χ1) is 14.1. The van der Waals surface area contributed by atoms with E-state index in [4.69, 9.17) is 33.7 Å². The van der Waals surface area contributed by atoms with Crippen molar-refractivity contribution in [2.45, 2.75) is 31.9 Å². The molecule has 1 fully saturated rings. The van der Waals surface area contributed by atoms with Crippen molar-refractivity contribution >= 4 is 40.5 Å². The third-order valence-electron chi connectivity index (χ3n) is 4.67. The second kappa shape index (κ2) is 9.22. The number of benzene rings is 2. The predicted octanol–water partition coefficient (Wildman–Crippen LogP) is 5.95. The van der Waals surface area contributed by atoms with Crippen molar-refractivity contribution in [3.63, 3.8) is 0 Å². The van der Waals surface area contributed by atoms with Crippen LogP contribution in [0.1, 0.15) is 36.0 Å². The van der Waals surface area contributed by atoms with E-state index in [1.807, 2.05) is 0 Å². The third-order valence-corrected chi connectivity index (χ3v) is 5.32. The van der Waals surface area contributed by atoms with Crippen LogP contribution >= 0.6 is 23.8 Å². The van der Waals surface area contributed by atoms with Gasteiger partial charge in [0.2, 0.25) is 0 Å². The summed E-state index contributed by atoms with van der Waals surface area (Å²) < 4.78 is 46.4. The van der Waals surface area contributed by atoms with Gasteiger partial charge in [0.05, 0.1) is 29.3 Å². The lowest BCUT2D eigenvalue weighted by Gasteiger charge is -2.17. The largest absolute Gasteiger partial charge is 0.494 e. The van der Waals surface area contributed by atoms with E-state index in [0.29, 0.717) is 18.1 Å². The summed E-state index contributed by atoms with van der Waals surface area (Å²) in [4.78, 5) is 10.7. The molecule has 2 aromatic rings. The maximum atomic E-state index is 13.6. The van der Waals surface area contributed by atoms with Crippen LogP contribution in [-0.2, 0) is 17.4 Å². The number of hydrogen-bond acceptors (Lipinski definition) is 3. The van der Waals surface area contributed by atoms with Gasteiger partial charge < -0.3 is 15.2 Å². The number of carboxylic acid groups (broad SMARTS) is 1. The summed E-state index contributed by atoms with van der Waals surface area (Å²) in [6.45, 7) is 0.371. The lowest BCUT2D eigenvalue weighted by molar-refractivity contribution is -0.138. The highest BCUT2D eigenvalue weighted by Crippen LogP contribution is 2.36. The van der Waals surface area contributed by atoms with Crippen molar-refractivity contribution in [3.05, 3.63) is 58.1 Å². The van der Waals surface area contributed by atoms with Crippen molar-refractivity contribution in [3.8, 4) is 5.75 Å². The van der Waals surface area contributed by atoms with Gasteiger partial charge in [-0.2, -0.15) is 13.2 Å². The Morgan fingerprint density at radius 1 is 1.23 bits per heavy atom. The van der Waals surface area contributed by atoms with Crippen LogP contribution in [0.4, 0.5) is 18.9 Å². The molecular weight excluding hydrogens is 439 g/mol. The zero-order chi connectivity index (χ0) is 21.9. The highest BCUT2D eigenvalue weighted by atomic mass is 35.5. The van der Waals surface area contributed by atoms with Crippen LogP contribution in [0, 0.1) is 5.92 Å². The maximum Gasteiger partial charge on any atom is 0.417 e. The fraction of sp³-hybridized carbons (Fsp3) is 0.333. The molecule has 1 saturated carbocycles. The predicted molar refractivity (Wildman–Crippen MR) is 112 cm³/mol. The molecule has 0 amide bonds. The number of hydrogen-bond donors (Lipinski definition) is 2. The van der Waals surface area contributed by atoms with E-state index in [-0.39, 0.29) is 33.4 Å². The first-order valence-electron chi connectivity index (χ1n) is 9.29. The van der Waals surface area contributed by atoms with Crippen LogP contribution in [0.2, 0.25) is 5.02 Å². The Kier molecular flexibility index (Phi) is 6.88. The highest BCUT2D eigenvalue weighted by molar-refractivity contribution is 7.81. The molecular formula is C21H19ClF3NO3S. The van der Waals surface area contributed by atoms with Crippen molar-refractivity contribution in [2.75, 3.05) is 11.9 Å². The average Bonchev–Trinajstić information content (AvgIpc) is 3.47. The average molecular weight is 458 g/mol. The maximum absolute atomic E-state index is 13.6. The fourth-order valence-corrected chi connectivity index (χ4v) is 3.39. The molecule has 3 rings (SSSR count). The van der Waals surface area contributed by atoms with Crippen molar-refractivity contribution < 1.29 is 27.8 Å². The van der Waals surface area contributed by atoms with E-state index in [1.54, 1.807) is 0 Å². The first-order valence-corrected chi connectivity index (χ1v) is 10.1. The molecule has 0 radical (unpaired) electrons. The summed E-state index contributed by atoms with van der Waals surface area (Å²) in [6, 6.07) is 8.10. The lowest BCUT2D eigenvalue weighted by atomic mass is 10.1. The Balaban J connectivity index is 1.81. The zero-order valence-corrected chi connectivity index (χ0v) is 17.3. The number of thiocarbonyl (C=S) groups is 1. The number of aliphatic carboxylic acids is 1. The Bertz CT molecular complexity index is 961. The smallest absolute Gasteiger partial charge is 0.417 e. The first kappa shape index (κ1) is 22.4. The van der Waals surface area contributed by atoms with Crippen LogP contribution in [0.3, 0.4) is 0 Å². The quantitative estimate of drug-likeness (QED) is 0.479. The van der Waals surface area contributed by atoms with Crippen LogP contribution in [0.25, 0.3) is 0 Å². The highest BCUT2D eigenvalue weighted by Gasteiger charge is 2.35. The number of rotatable bonds is 8. The molecule has 9 heteroatoms. The summed E-state index contributed by atoms with van der Waals surface area (Å²) >= 11 is 11.3. The molecule has 0 unspecified atom stereocenters. The van der Waals surface area contributed by atoms with Gasteiger partial charge in [-0.1, -0.05) is 42.7 Å². The molecule has 0 atom stereocenters. The molecule has 2 N–H and O–H groups in total. The van der Waals surface area contributed by atoms with Crippen LogP contribution in [0.15, 0.2) is 36.4 Å². The van der Waals surface area contributed by atoms with Gasteiger partial charge in [-0.3, -0.25) is 4.79 Å². The lowest BCUT2D eigenvalue weighted by Crippen LogP contribution is -2.18. The molecule has 0 aromatic heterocycles. The number of halogens is 4. The van der Waals surface area contributed by atoms with Gasteiger partial charge in [-0.25, -0.2) is 0 Å². The third kappa shape index (κ3) is 6.09. The SMILES string of the molecule is O=C(O)Cc1ccc(Cl)c(NC(=S)c2ccc(OCCC3CC3)cc2C(F)(F)F)c1. The molecule has 0 bridgehead atoms. The van der Waals surface area contributed by atoms with Crippen LogP contribution in [0.5, 0.6) is 5.75 Å². The number of alkyl halides is 3.